The first-order valence-electron chi connectivity index (χ1n) is 14.9. The van der Waals surface area contributed by atoms with E-state index >= 15 is 0 Å². The second kappa shape index (κ2) is 13.0. The van der Waals surface area contributed by atoms with Crippen molar-refractivity contribution in [3.05, 3.63) is 116 Å². The molecule has 3 aromatic carbocycles. The number of para-hydroxylation sites is 1. The van der Waals surface area contributed by atoms with Crippen LogP contribution in [-0.2, 0) is 4.79 Å². The summed E-state index contributed by atoms with van der Waals surface area (Å²) in [7, 11) is 0. The second-order valence-corrected chi connectivity index (χ2v) is 12.1. The highest BCUT2D eigenvalue weighted by atomic mass is 79.9. The Morgan fingerprint density at radius 1 is 1.02 bits per heavy atom. The van der Waals surface area contributed by atoms with Gasteiger partial charge in [-0.05, 0) is 87.4 Å². The van der Waals surface area contributed by atoms with Crippen LogP contribution in [-0.4, -0.2) is 33.0 Å². The lowest BCUT2D eigenvalue weighted by molar-refractivity contribution is -0.118. The number of aromatic nitrogens is 3. The van der Waals surface area contributed by atoms with Gasteiger partial charge < -0.3 is 14.6 Å². The maximum absolute atomic E-state index is 13.7. The Labute approximate surface area is 264 Å². The van der Waals surface area contributed by atoms with Crippen LogP contribution in [0.1, 0.15) is 60.8 Å². The summed E-state index contributed by atoms with van der Waals surface area (Å²) >= 11 is 3.49. The predicted molar refractivity (Wildman–Crippen MR) is 178 cm³/mol. The average Bonchev–Trinajstić information content (AvgIpc) is 3.33. The molecule has 0 saturated heterocycles. The number of amides is 1. The zero-order valence-corrected chi connectivity index (χ0v) is 26.4. The van der Waals surface area contributed by atoms with Crippen molar-refractivity contribution in [3.63, 3.8) is 0 Å². The van der Waals surface area contributed by atoms with Gasteiger partial charge in [-0.2, -0.15) is 9.78 Å². The third-order valence-electron chi connectivity index (χ3n) is 8.11. The van der Waals surface area contributed by atoms with Crippen molar-refractivity contribution < 1.29 is 9.53 Å². The van der Waals surface area contributed by atoms with Crippen LogP contribution in [0.15, 0.2) is 93.2 Å². The minimum absolute atomic E-state index is 0.0841. The molecule has 0 aliphatic heterocycles. The molecule has 0 spiro atoms. The largest absolute Gasteiger partial charge is 0.484 e. The third kappa shape index (κ3) is 6.38. The van der Waals surface area contributed by atoms with Crippen LogP contribution in [0, 0.1) is 13.8 Å². The van der Waals surface area contributed by atoms with Gasteiger partial charge in [0, 0.05) is 38.7 Å². The number of nitrogens with one attached hydrogen (secondary N) is 1. The van der Waals surface area contributed by atoms with E-state index in [0.717, 1.165) is 64.3 Å². The van der Waals surface area contributed by atoms with Crippen LogP contribution < -0.4 is 15.6 Å². The number of anilines is 1. The van der Waals surface area contributed by atoms with E-state index in [9.17, 15) is 9.59 Å². The first-order valence-corrected chi connectivity index (χ1v) is 15.7. The molecule has 6 rings (SSSR count). The molecule has 224 valence electrons. The smallest absolute Gasteiger partial charge is 0.282 e. The summed E-state index contributed by atoms with van der Waals surface area (Å²) in [5.41, 5.74) is 5.16. The van der Waals surface area contributed by atoms with Gasteiger partial charge in [-0.25, -0.2) is 4.98 Å². The normalized spacial score (nSPS) is 13.9. The highest BCUT2D eigenvalue weighted by Gasteiger charge is 2.23. The summed E-state index contributed by atoms with van der Waals surface area (Å²) in [6.07, 6.45) is 7.27. The number of benzene rings is 3. The highest BCUT2D eigenvalue weighted by molar-refractivity contribution is 9.10. The van der Waals surface area contributed by atoms with Crippen molar-refractivity contribution in [1.29, 1.82) is 0 Å². The number of rotatable bonds is 8. The summed E-state index contributed by atoms with van der Waals surface area (Å²) in [6.45, 7) is 3.99. The lowest BCUT2D eigenvalue weighted by atomic mass is 9.88. The fourth-order valence-corrected chi connectivity index (χ4v) is 6.26. The van der Waals surface area contributed by atoms with Gasteiger partial charge in [-0.3, -0.25) is 9.59 Å². The van der Waals surface area contributed by atoms with E-state index in [1.54, 1.807) is 6.21 Å². The predicted octanol–water partition coefficient (Wildman–Crippen LogP) is 7.51. The summed E-state index contributed by atoms with van der Waals surface area (Å²) in [5.74, 6) is 1.33. The zero-order chi connectivity index (χ0) is 30.6. The van der Waals surface area contributed by atoms with E-state index in [1.807, 2.05) is 86.6 Å². The molecule has 2 heterocycles. The Kier molecular flexibility index (Phi) is 8.74. The topological polar surface area (TPSA) is 90.5 Å². The Balaban J connectivity index is 1.23. The number of aryl methyl sites for hydroxylation is 1. The number of nitrogens with zero attached hydrogens (tertiary/aromatic N) is 4. The van der Waals surface area contributed by atoms with E-state index in [4.69, 9.17) is 14.8 Å². The number of carbonyl (C=O) groups excluding carboxylic acids is 1. The maximum Gasteiger partial charge on any atom is 0.282 e. The fourth-order valence-electron chi connectivity index (χ4n) is 5.90. The van der Waals surface area contributed by atoms with Crippen LogP contribution >= 0.6 is 15.9 Å². The molecule has 5 aromatic rings. The molecule has 1 aliphatic rings. The van der Waals surface area contributed by atoms with E-state index in [2.05, 4.69) is 31.9 Å². The number of fused-ring (bicyclic) bond motifs is 1. The number of carbonyl (C=O) groups is 1. The van der Waals surface area contributed by atoms with Gasteiger partial charge in [0.15, 0.2) is 6.61 Å². The number of hydrogen-bond donors (Lipinski definition) is 1. The Morgan fingerprint density at radius 3 is 2.52 bits per heavy atom. The standard InChI is InChI=1S/C35H34BrN5O3/c1-23-19-26(21-37-41-34(25-9-5-3-6-10-25)39-32-18-13-27(36)20-31(32)35(41)43)24(2)40(23)29-14-16-30(17-15-29)44-22-33(42)38-28-11-7-4-8-12-28/h4,7-8,11-21,25H,3,5-6,9-10,22H2,1-2H3,(H,38,42). The van der Waals surface area contributed by atoms with E-state index in [1.165, 1.54) is 11.1 Å². The van der Waals surface area contributed by atoms with Gasteiger partial charge in [0.1, 0.15) is 11.6 Å². The van der Waals surface area contributed by atoms with E-state index in [-0.39, 0.29) is 24.0 Å². The molecule has 1 N–H and O–H groups in total. The van der Waals surface area contributed by atoms with Crippen molar-refractivity contribution in [1.82, 2.24) is 14.2 Å². The van der Waals surface area contributed by atoms with Crippen molar-refractivity contribution in [3.8, 4) is 11.4 Å². The zero-order valence-electron chi connectivity index (χ0n) is 24.8. The van der Waals surface area contributed by atoms with Crippen LogP contribution in [0.3, 0.4) is 0 Å². The van der Waals surface area contributed by atoms with Crippen molar-refractivity contribution >= 4 is 44.6 Å². The third-order valence-corrected chi connectivity index (χ3v) is 8.60. The molecule has 0 atom stereocenters. The minimum Gasteiger partial charge on any atom is -0.484 e. The van der Waals surface area contributed by atoms with Crippen molar-refractivity contribution in [2.75, 3.05) is 11.9 Å². The first kappa shape index (κ1) is 29.6. The van der Waals surface area contributed by atoms with Crippen molar-refractivity contribution in [2.45, 2.75) is 51.9 Å². The molecule has 9 heteroatoms. The van der Waals surface area contributed by atoms with Crippen LogP contribution in [0.5, 0.6) is 5.75 Å². The molecular formula is C35H34BrN5O3. The number of ether oxygens (including phenoxy) is 1. The fraction of sp³-hybridized carbons (Fsp3) is 0.257. The van der Waals surface area contributed by atoms with Crippen LogP contribution in [0.4, 0.5) is 5.69 Å². The van der Waals surface area contributed by atoms with Gasteiger partial charge in [0.25, 0.3) is 11.5 Å². The van der Waals surface area contributed by atoms with Gasteiger partial charge in [0.05, 0.1) is 17.1 Å². The molecule has 0 bridgehead atoms. The molecule has 1 aliphatic carbocycles. The second-order valence-electron chi connectivity index (χ2n) is 11.2. The molecule has 0 radical (unpaired) electrons. The van der Waals surface area contributed by atoms with E-state index in [0.29, 0.717) is 16.7 Å². The molecule has 1 amide bonds. The van der Waals surface area contributed by atoms with Crippen LogP contribution in [0.2, 0.25) is 0 Å². The molecular weight excluding hydrogens is 618 g/mol. The molecule has 0 unspecified atom stereocenters. The molecule has 8 nitrogen and oxygen atoms in total. The number of halogens is 1. The lowest BCUT2D eigenvalue weighted by Gasteiger charge is -2.22. The monoisotopic (exact) mass is 651 g/mol. The molecule has 1 fully saturated rings. The Bertz CT molecular complexity index is 1890. The quantitative estimate of drug-likeness (QED) is 0.176. The van der Waals surface area contributed by atoms with Gasteiger partial charge in [-0.15, -0.1) is 0 Å². The van der Waals surface area contributed by atoms with Crippen molar-refractivity contribution in [2.24, 2.45) is 5.10 Å². The number of hydrogen-bond acceptors (Lipinski definition) is 5. The highest BCUT2D eigenvalue weighted by Crippen LogP contribution is 2.32. The van der Waals surface area contributed by atoms with Gasteiger partial charge >= 0.3 is 0 Å². The molecule has 2 aromatic heterocycles. The van der Waals surface area contributed by atoms with Gasteiger partial charge in [-0.1, -0.05) is 53.4 Å². The summed E-state index contributed by atoms with van der Waals surface area (Å²) in [6, 6.07) is 24.6. The first-order chi connectivity index (χ1) is 21.4. The Hall–Kier alpha value is -4.50. The summed E-state index contributed by atoms with van der Waals surface area (Å²) in [4.78, 5) is 30.9. The molecule has 44 heavy (non-hydrogen) atoms. The summed E-state index contributed by atoms with van der Waals surface area (Å²) in [5, 5.41) is 8.12. The van der Waals surface area contributed by atoms with Crippen LogP contribution in [0.25, 0.3) is 16.6 Å². The molecule has 1 saturated carbocycles. The Morgan fingerprint density at radius 2 is 1.77 bits per heavy atom. The summed E-state index contributed by atoms with van der Waals surface area (Å²) < 4.78 is 10.2. The van der Waals surface area contributed by atoms with E-state index < -0.39 is 0 Å². The minimum atomic E-state index is -0.221. The van der Waals surface area contributed by atoms with Gasteiger partial charge in [0.2, 0.25) is 0 Å². The lowest BCUT2D eigenvalue weighted by Crippen LogP contribution is -2.25. The maximum atomic E-state index is 13.7. The SMILES string of the molecule is Cc1cc(C=Nn2c(C3CCCCC3)nc3ccc(Br)cc3c2=O)c(C)n1-c1ccc(OCC(=O)Nc2ccccc2)cc1. The average molecular weight is 653 g/mol.